The van der Waals surface area contributed by atoms with Crippen LogP contribution in [0.15, 0.2) is 60.7 Å². The number of carbonyl (C=O) groups is 3. The van der Waals surface area contributed by atoms with E-state index >= 15 is 0 Å². The third-order valence-electron chi connectivity index (χ3n) is 4.40. The minimum Gasteiger partial charge on any atom is -0.446 e. The lowest BCUT2D eigenvalue weighted by atomic mass is 9.91. The lowest BCUT2D eigenvalue weighted by Crippen LogP contribution is -2.35. The highest BCUT2D eigenvalue weighted by atomic mass is 16.6. The minimum absolute atomic E-state index is 0.0578. The van der Waals surface area contributed by atoms with Gasteiger partial charge >= 0.3 is 6.09 Å². The number of hydrogen-bond donors (Lipinski definition) is 0. The first kappa shape index (κ1) is 16.9. The van der Waals surface area contributed by atoms with Gasteiger partial charge in [-0.1, -0.05) is 60.7 Å². The quantitative estimate of drug-likeness (QED) is 0.838. The van der Waals surface area contributed by atoms with Crippen LogP contribution in [0, 0.1) is 0 Å². The summed E-state index contributed by atoms with van der Waals surface area (Å²) >= 11 is 0. The van der Waals surface area contributed by atoms with E-state index in [1.165, 1.54) is 6.92 Å². The molecule has 0 N–H and O–H groups in total. The van der Waals surface area contributed by atoms with Crippen LogP contribution in [0.4, 0.5) is 4.79 Å². The number of benzene rings is 2. The van der Waals surface area contributed by atoms with Gasteiger partial charge in [0.25, 0.3) is 0 Å². The molecule has 5 heteroatoms. The predicted octanol–water partition coefficient (Wildman–Crippen LogP) is 3.47. The molecule has 0 unspecified atom stereocenters. The highest BCUT2D eigenvalue weighted by Crippen LogP contribution is 2.30. The number of Topliss-reactive ketones (excluding diaryl/α,β-unsaturated/α-hetero) is 1. The molecule has 1 heterocycles. The normalized spacial score (nSPS) is 17.9. The molecule has 0 radical (unpaired) electrons. The topological polar surface area (TPSA) is 63.7 Å². The number of cyclic esters (lactones) is 1. The van der Waals surface area contributed by atoms with Crippen molar-refractivity contribution in [3.05, 3.63) is 71.8 Å². The average Bonchev–Trinajstić information content (AvgIpc) is 3.02. The van der Waals surface area contributed by atoms with Crippen LogP contribution in [0.2, 0.25) is 0 Å². The van der Waals surface area contributed by atoms with Gasteiger partial charge in [-0.15, -0.1) is 0 Å². The molecule has 0 spiro atoms. The van der Waals surface area contributed by atoms with Crippen LogP contribution in [0.5, 0.6) is 0 Å². The summed E-state index contributed by atoms with van der Waals surface area (Å²) in [6, 6.07) is 18.0. The van der Waals surface area contributed by atoms with E-state index in [9.17, 15) is 14.4 Å². The molecule has 2 aromatic carbocycles. The van der Waals surface area contributed by atoms with Crippen molar-refractivity contribution >= 4 is 17.8 Å². The maximum Gasteiger partial charge on any atom is 0.417 e. The van der Waals surface area contributed by atoms with Gasteiger partial charge in [-0.2, -0.15) is 0 Å². The summed E-state index contributed by atoms with van der Waals surface area (Å²) in [5.74, 6) is -1.08. The number of amides is 2. The van der Waals surface area contributed by atoms with Crippen LogP contribution in [-0.2, 0) is 14.3 Å². The number of ether oxygens (including phenoxy) is 1. The molecule has 1 fully saturated rings. The van der Waals surface area contributed by atoms with Crippen molar-refractivity contribution in [3.8, 4) is 0 Å². The van der Waals surface area contributed by atoms with Gasteiger partial charge in [0.2, 0.25) is 5.91 Å². The molecule has 128 valence electrons. The van der Waals surface area contributed by atoms with Crippen LogP contribution in [0.3, 0.4) is 0 Å². The van der Waals surface area contributed by atoms with E-state index in [-0.39, 0.29) is 18.8 Å². The molecular formula is C20H19NO4. The highest BCUT2D eigenvalue weighted by molar-refractivity contribution is 5.97. The zero-order chi connectivity index (χ0) is 17.8. The maximum absolute atomic E-state index is 12.8. The summed E-state index contributed by atoms with van der Waals surface area (Å²) in [7, 11) is 0. The molecule has 25 heavy (non-hydrogen) atoms. The zero-order valence-corrected chi connectivity index (χ0v) is 13.9. The SMILES string of the molecule is CC(=O)[C@@H](CC(=O)N1C(=O)OC[C@H]1c1ccccc1)c1ccccc1. The van der Waals surface area contributed by atoms with Gasteiger partial charge in [0.15, 0.2) is 0 Å². The van der Waals surface area contributed by atoms with Crippen LogP contribution < -0.4 is 0 Å². The summed E-state index contributed by atoms with van der Waals surface area (Å²) < 4.78 is 5.08. The number of ketones is 1. The van der Waals surface area contributed by atoms with E-state index in [2.05, 4.69) is 0 Å². The Bertz CT molecular complexity index is 773. The molecule has 0 saturated carbocycles. The molecule has 0 aliphatic carbocycles. The Hall–Kier alpha value is -2.95. The van der Waals surface area contributed by atoms with Crippen molar-refractivity contribution in [3.63, 3.8) is 0 Å². The van der Waals surface area contributed by atoms with Crippen LogP contribution >= 0.6 is 0 Å². The fourth-order valence-corrected chi connectivity index (χ4v) is 3.07. The number of imide groups is 1. The van der Waals surface area contributed by atoms with E-state index in [1.807, 2.05) is 60.7 Å². The molecule has 1 aliphatic rings. The predicted molar refractivity (Wildman–Crippen MR) is 91.9 cm³/mol. The molecule has 0 aromatic heterocycles. The lowest BCUT2D eigenvalue weighted by molar-refractivity contribution is -0.132. The third-order valence-corrected chi connectivity index (χ3v) is 4.40. The monoisotopic (exact) mass is 337 g/mol. The number of hydrogen-bond acceptors (Lipinski definition) is 4. The van der Waals surface area contributed by atoms with Crippen molar-refractivity contribution in [2.45, 2.75) is 25.3 Å². The van der Waals surface area contributed by atoms with Crippen LogP contribution in [0.25, 0.3) is 0 Å². The van der Waals surface area contributed by atoms with Crippen molar-refractivity contribution < 1.29 is 19.1 Å². The molecule has 5 nitrogen and oxygen atoms in total. The highest BCUT2D eigenvalue weighted by Gasteiger charge is 2.39. The van der Waals surface area contributed by atoms with Crippen LogP contribution in [-0.4, -0.2) is 29.3 Å². The van der Waals surface area contributed by atoms with Gasteiger partial charge in [0.1, 0.15) is 18.4 Å². The molecule has 1 saturated heterocycles. The molecular weight excluding hydrogens is 318 g/mol. The fraction of sp³-hybridized carbons (Fsp3) is 0.250. The Kier molecular flexibility index (Phi) is 4.93. The largest absolute Gasteiger partial charge is 0.446 e. The summed E-state index contributed by atoms with van der Waals surface area (Å²) in [4.78, 5) is 38.1. The van der Waals surface area contributed by atoms with Crippen molar-refractivity contribution in [2.75, 3.05) is 6.61 Å². The van der Waals surface area contributed by atoms with Gasteiger partial charge in [0.05, 0.1) is 5.92 Å². The van der Waals surface area contributed by atoms with Gasteiger partial charge < -0.3 is 4.74 Å². The zero-order valence-electron chi connectivity index (χ0n) is 13.9. The molecule has 1 aliphatic heterocycles. The molecule has 0 bridgehead atoms. The van der Waals surface area contributed by atoms with Crippen molar-refractivity contribution in [2.24, 2.45) is 0 Å². The Balaban J connectivity index is 1.83. The van der Waals surface area contributed by atoms with Crippen LogP contribution in [0.1, 0.15) is 36.4 Å². The first-order valence-electron chi connectivity index (χ1n) is 8.17. The molecule has 2 aromatic rings. The van der Waals surface area contributed by atoms with E-state index in [1.54, 1.807) is 0 Å². The first-order valence-corrected chi connectivity index (χ1v) is 8.17. The lowest BCUT2D eigenvalue weighted by Gasteiger charge is -2.22. The number of carbonyl (C=O) groups excluding carboxylic acids is 3. The van der Waals surface area contributed by atoms with Crippen molar-refractivity contribution in [1.82, 2.24) is 4.90 Å². The fourth-order valence-electron chi connectivity index (χ4n) is 3.07. The van der Waals surface area contributed by atoms with Crippen molar-refractivity contribution in [1.29, 1.82) is 0 Å². The number of nitrogens with zero attached hydrogens (tertiary/aromatic N) is 1. The van der Waals surface area contributed by atoms with E-state index in [0.717, 1.165) is 16.0 Å². The maximum atomic E-state index is 12.8. The number of rotatable bonds is 5. The van der Waals surface area contributed by atoms with Gasteiger partial charge in [-0.3, -0.25) is 9.59 Å². The Morgan fingerprint density at radius 2 is 1.68 bits per heavy atom. The van der Waals surface area contributed by atoms with E-state index in [0.29, 0.717) is 0 Å². The summed E-state index contributed by atoms with van der Waals surface area (Å²) in [6.07, 6.45) is -0.716. The first-order chi connectivity index (χ1) is 12.1. The Morgan fingerprint density at radius 1 is 1.08 bits per heavy atom. The van der Waals surface area contributed by atoms with Gasteiger partial charge in [0, 0.05) is 6.42 Å². The standard InChI is InChI=1S/C20H19NO4/c1-14(22)17(15-8-4-2-5-9-15)12-19(23)21-18(13-25-20(21)24)16-10-6-3-7-11-16/h2-11,17-18H,12-13H2,1H3/t17-,18+/m1/s1. The molecule has 3 rings (SSSR count). The average molecular weight is 337 g/mol. The van der Waals surface area contributed by atoms with E-state index < -0.39 is 24.0 Å². The smallest absolute Gasteiger partial charge is 0.417 e. The second kappa shape index (κ2) is 7.30. The Labute approximate surface area is 146 Å². The summed E-state index contributed by atoms with van der Waals surface area (Å²) in [6.45, 7) is 1.59. The summed E-state index contributed by atoms with van der Waals surface area (Å²) in [5.41, 5.74) is 1.60. The minimum atomic E-state index is -0.658. The van der Waals surface area contributed by atoms with E-state index in [4.69, 9.17) is 4.74 Å². The Morgan fingerprint density at radius 3 is 2.28 bits per heavy atom. The summed E-state index contributed by atoms with van der Waals surface area (Å²) in [5, 5.41) is 0. The second-order valence-corrected chi connectivity index (χ2v) is 6.05. The van der Waals surface area contributed by atoms with Gasteiger partial charge in [-0.05, 0) is 18.1 Å². The van der Waals surface area contributed by atoms with Gasteiger partial charge in [-0.25, -0.2) is 9.69 Å². The second-order valence-electron chi connectivity index (χ2n) is 6.05. The molecule has 2 amide bonds. The molecule has 2 atom stereocenters. The third kappa shape index (κ3) is 3.60.